The van der Waals surface area contributed by atoms with Gasteiger partial charge >= 0.3 is 5.97 Å². The number of aromatic nitrogens is 2. The molecule has 0 radical (unpaired) electrons. The fourth-order valence-corrected chi connectivity index (χ4v) is 2.55. The summed E-state index contributed by atoms with van der Waals surface area (Å²) >= 11 is 0. The summed E-state index contributed by atoms with van der Waals surface area (Å²) in [5.74, 6) is 0.731. The van der Waals surface area contributed by atoms with Crippen LogP contribution in [0.15, 0.2) is 53.0 Å². The average molecular weight is 382 g/mol. The van der Waals surface area contributed by atoms with Crippen molar-refractivity contribution in [2.75, 3.05) is 6.79 Å². The van der Waals surface area contributed by atoms with E-state index in [1.54, 1.807) is 31.2 Å². The first kappa shape index (κ1) is 17.7. The first-order chi connectivity index (χ1) is 13.6. The molecule has 3 aromatic rings. The molecule has 0 saturated heterocycles. The third kappa shape index (κ3) is 3.85. The van der Waals surface area contributed by atoms with E-state index in [1.165, 1.54) is 30.3 Å². The van der Waals surface area contributed by atoms with Crippen molar-refractivity contribution < 1.29 is 27.8 Å². The average Bonchev–Trinajstić information content (AvgIpc) is 3.36. The largest absolute Gasteiger partial charge is 0.454 e. The Balaban J connectivity index is 1.38. The monoisotopic (exact) mass is 382 g/mol. The van der Waals surface area contributed by atoms with E-state index in [2.05, 4.69) is 10.2 Å². The molecule has 142 valence electrons. The van der Waals surface area contributed by atoms with Crippen LogP contribution in [0, 0.1) is 5.82 Å². The van der Waals surface area contributed by atoms with E-state index in [-0.39, 0.29) is 24.4 Å². The topological polar surface area (TPSA) is 83.7 Å². The lowest BCUT2D eigenvalue weighted by Crippen LogP contribution is -2.06. The van der Waals surface area contributed by atoms with Crippen molar-refractivity contribution in [1.82, 2.24) is 10.2 Å². The maximum atomic E-state index is 13.0. The molecule has 1 aromatic heterocycles. The molecule has 2 heterocycles. The van der Waals surface area contributed by atoms with Gasteiger partial charge < -0.3 is 18.6 Å². The summed E-state index contributed by atoms with van der Waals surface area (Å²) in [5.41, 5.74) is 1.34. The molecule has 4 rings (SSSR count). The summed E-state index contributed by atoms with van der Waals surface area (Å²) < 4.78 is 34.3. The smallest absolute Gasteiger partial charge is 0.331 e. The lowest BCUT2D eigenvalue weighted by atomic mass is 10.2. The van der Waals surface area contributed by atoms with Crippen molar-refractivity contribution >= 4 is 12.0 Å². The van der Waals surface area contributed by atoms with Crippen molar-refractivity contribution in [3.8, 4) is 23.0 Å². The van der Waals surface area contributed by atoms with Gasteiger partial charge in [-0.15, -0.1) is 10.2 Å². The van der Waals surface area contributed by atoms with Gasteiger partial charge in [-0.2, -0.15) is 0 Å². The van der Waals surface area contributed by atoms with Gasteiger partial charge in [0, 0.05) is 11.6 Å². The van der Waals surface area contributed by atoms with Gasteiger partial charge in [0.25, 0.3) is 5.89 Å². The Kier molecular flexibility index (Phi) is 4.76. The summed E-state index contributed by atoms with van der Waals surface area (Å²) in [5, 5.41) is 7.78. The highest BCUT2D eigenvalue weighted by Gasteiger charge is 2.18. The van der Waals surface area contributed by atoms with Crippen molar-refractivity contribution in [1.29, 1.82) is 0 Å². The lowest BCUT2D eigenvalue weighted by molar-refractivity contribution is -0.143. The Morgan fingerprint density at radius 1 is 1.14 bits per heavy atom. The Morgan fingerprint density at radius 2 is 1.93 bits per heavy atom. The standard InChI is InChI=1S/C20H15FN2O5/c1-12(19-22-23-20(28-19)14-4-6-15(21)7-5-14)27-18(24)9-3-13-2-8-16-17(10-13)26-11-25-16/h2-10,12H,11H2,1H3/b9-3+/t12-/m0/s1. The Hall–Kier alpha value is -3.68. The number of benzene rings is 2. The van der Waals surface area contributed by atoms with Crippen molar-refractivity contribution in [2.45, 2.75) is 13.0 Å². The molecular weight excluding hydrogens is 367 g/mol. The third-order valence-electron chi connectivity index (χ3n) is 3.98. The van der Waals surface area contributed by atoms with Crippen LogP contribution in [-0.2, 0) is 9.53 Å². The number of carbonyl (C=O) groups excluding carboxylic acids is 1. The number of rotatable bonds is 5. The normalized spacial score (nSPS) is 13.6. The minimum Gasteiger partial charge on any atom is -0.454 e. The Morgan fingerprint density at radius 3 is 2.75 bits per heavy atom. The highest BCUT2D eigenvalue weighted by molar-refractivity contribution is 5.87. The van der Waals surface area contributed by atoms with E-state index in [4.69, 9.17) is 18.6 Å². The molecule has 1 atom stereocenters. The summed E-state index contributed by atoms with van der Waals surface area (Å²) in [7, 11) is 0. The minimum absolute atomic E-state index is 0.143. The second-order valence-electron chi connectivity index (χ2n) is 5.98. The SMILES string of the molecule is C[C@H](OC(=O)/C=C/c1ccc2c(c1)OCO2)c1nnc(-c2ccc(F)cc2)o1. The van der Waals surface area contributed by atoms with Gasteiger partial charge in [0.2, 0.25) is 12.7 Å². The van der Waals surface area contributed by atoms with E-state index >= 15 is 0 Å². The van der Waals surface area contributed by atoms with Gasteiger partial charge in [0.1, 0.15) is 5.82 Å². The van der Waals surface area contributed by atoms with E-state index in [9.17, 15) is 9.18 Å². The molecule has 1 aliphatic heterocycles. The van der Waals surface area contributed by atoms with Crippen LogP contribution in [0.25, 0.3) is 17.5 Å². The first-order valence-corrected chi connectivity index (χ1v) is 8.46. The van der Waals surface area contributed by atoms with E-state index < -0.39 is 12.1 Å². The van der Waals surface area contributed by atoms with Crippen LogP contribution in [0.5, 0.6) is 11.5 Å². The molecule has 1 aliphatic rings. The van der Waals surface area contributed by atoms with Gasteiger partial charge in [0.05, 0.1) is 0 Å². The zero-order valence-electron chi connectivity index (χ0n) is 14.8. The van der Waals surface area contributed by atoms with Crippen LogP contribution in [0.4, 0.5) is 4.39 Å². The maximum Gasteiger partial charge on any atom is 0.331 e. The van der Waals surface area contributed by atoms with Gasteiger partial charge in [-0.25, -0.2) is 9.18 Å². The van der Waals surface area contributed by atoms with Crippen molar-refractivity contribution in [3.63, 3.8) is 0 Å². The van der Waals surface area contributed by atoms with Crippen molar-refractivity contribution in [3.05, 3.63) is 65.8 Å². The molecule has 2 aromatic carbocycles. The predicted octanol–water partition coefficient (Wildman–Crippen LogP) is 3.92. The summed E-state index contributed by atoms with van der Waals surface area (Å²) in [6.07, 6.45) is 2.16. The van der Waals surface area contributed by atoms with Crippen LogP contribution in [0.3, 0.4) is 0 Å². The maximum absolute atomic E-state index is 13.0. The predicted molar refractivity (Wildman–Crippen MR) is 95.8 cm³/mol. The van der Waals surface area contributed by atoms with Gasteiger partial charge in [-0.3, -0.25) is 0 Å². The second-order valence-corrected chi connectivity index (χ2v) is 5.98. The molecule has 0 unspecified atom stereocenters. The zero-order chi connectivity index (χ0) is 19.5. The van der Waals surface area contributed by atoms with E-state index in [0.717, 1.165) is 5.56 Å². The number of carbonyl (C=O) groups is 1. The molecule has 0 amide bonds. The molecule has 0 N–H and O–H groups in total. The molecule has 0 fully saturated rings. The zero-order valence-corrected chi connectivity index (χ0v) is 14.8. The van der Waals surface area contributed by atoms with Crippen LogP contribution in [-0.4, -0.2) is 23.0 Å². The number of nitrogens with zero attached hydrogens (tertiary/aromatic N) is 2. The summed E-state index contributed by atoms with van der Waals surface area (Å²) in [6.45, 7) is 1.81. The Bertz CT molecular complexity index is 1030. The molecule has 28 heavy (non-hydrogen) atoms. The lowest BCUT2D eigenvalue weighted by Gasteiger charge is -2.06. The van der Waals surface area contributed by atoms with Gasteiger partial charge in [-0.1, -0.05) is 6.07 Å². The molecule has 8 heteroatoms. The van der Waals surface area contributed by atoms with Gasteiger partial charge in [0.15, 0.2) is 17.6 Å². The molecule has 0 bridgehead atoms. The fraction of sp³-hybridized carbons (Fsp3) is 0.150. The quantitative estimate of drug-likeness (QED) is 0.488. The number of ether oxygens (including phenoxy) is 3. The van der Waals surface area contributed by atoms with Crippen LogP contribution < -0.4 is 9.47 Å². The van der Waals surface area contributed by atoms with E-state index in [1.807, 2.05) is 0 Å². The molecule has 0 spiro atoms. The van der Waals surface area contributed by atoms with Gasteiger partial charge in [-0.05, 0) is 55.0 Å². The summed E-state index contributed by atoms with van der Waals surface area (Å²) in [4.78, 5) is 12.1. The van der Waals surface area contributed by atoms with E-state index in [0.29, 0.717) is 17.1 Å². The highest BCUT2D eigenvalue weighted by Crippen LogP contribution is 2.32. The number of hydrogen-bond acceptors (Lipinski definition) is 7. The van der Waals surface area contributed by atoms with Crippen LogP contribution in [0.1, 0.15) is 24.5 Å². The van der Waals surface area contributed by atoms with Crippen LogP contribution >= 0.6 is 0 Å². The summed E-state index contributed by atoms with van der Waals surface area (Å²) in [6, 6.07) is 11.0. The first-order valence-electron chi connectivity index (χ1n) is 8.46. The molecule has 7 nitrogen and oxygen atoms in total. The molecular formula is C20H15FN2O5. The second kappa shape index (κ2) is 7.51. The number of hydrogen-bond donors (Lipinski definition) is 0. The van der Waals surface area contributed by atoms with Crippen molar-refractivity contribution in [2.24, 2.45) is 0 Å². The number of halogens is 1. The number of esters is 1. The minimum atomic E-state index is -0.740. The fourth-order valence-electron chi connectivity index (χ4n) is 2.55. The van der Waals surface area contributed by atoms with Crippen LogP contribution in [0.2, 0.25) is 0 Å². The highest BCUT2D eigenvalue weighted by atomic mass is 19.1. The third-order valence-corrected chi connectivity index (χ3v) is 3.98. The Labute approximate surface area is 159 Å². The molecule has 0 saturated carbocycles. The molecule has 0 aliphatic carbocycles. The number of fused-ring (bicyclic) bond motifs is 1.